The zero-order valence-electron chi connectivity index (χ0n) is 15.4. The predicted octanol–water partition coefficient (Wildman–Crippen LogP) is 2.82. The zero-order valence-corrected chi connectivity index (χ0v) is 17.0. The Hall–Kier alpha value is -2.72. The van der Waals surface area contributed by atoms with E-state index in [0.29, 0.717) is 5.17 Å². The topological polar surface area (TPSA) is 110 Å². The molecule has 2 aromatic carbocycles. The van der Waals surface area contributed by atoms with Crippen LogP contribution in [0.25, 0.3) is 0 Å². The van der Waals surface area contributed by atoms with Crippen molar-refractivity contribution in [1.82, 2.24) is 0 Å². The minimum absolute atomic E-state index is 0.00254. The Kier molecular flexibility index (Phi) is 4.91. The Labute approximate surface area is 171 Å². The van der Waals surface area contributed by atoms with E-state index in [1.165, 1.54) is 36.0 Å². The number of carbonyl (C=O) groups excluding carboxylic acids is 1. The fraction of sp³-hybridized carbons (Fsp3) is 0.263. The number of thioether (sulfide) groups is 1. The maximum atomic E-state index is 12.7. The standard InChI is InChI=1S/C19H17N3O5S2/c1-12-5-7-14(8-6-12)21-16-10-29(26,27)11-17(16)28-19(21)20-18(23)13-3-2-4-15(9-13)22(24)25/h2-9,16-17H,10-11H2,1H3/t16-,17+/m0/s1. The average molecular weight is 431 g/mol. The van der Waals surface area contributed by atoms with Crippen LogP contribution in [0.3, 0.4) is 0 Å². The van der Waals surface area contributed by atoms with Crippen LogP contribution >= 0.6 is 11.8 Å². The summed E-state index contributed by atoms with van der Waals surface area (Å²) < 4.78 is 24.2. The number of fused-ring (bicyclic) bond motifs is 1. The Morgan fingerprint density at radius 3 is 2.62 bits per heavy atom. The average Bonchev–Trinajstić information content (AvgIpc) is 3.13. The van der Waals surface area contributed by atoms with Crippen molar-refractivity contribution in [2.45, 2.75) is 18.2 Å². The summed E-state index contributed by atoms with van der Waals surface area (Å²) in [7, 11) is -3.15. The molecule has 2 aliphatic rings. The zero-order chi connectivity index (χ0) is 20.8. The maximum absolute atomic E-state index is 12.7. The third kappa shape index (κ3) is 3.90. The molecule has 0 aromatic heterocycles. The molecule has 2 saturated heterocycles. The lowest BCUT2D eigenvalue weighted by atomic mass is 10.1. The molecule has 10 heteroatoms. The molecule has 0 saturated carbocycles. The van der Waals surface area contributed by atoms with Crippen molar-refractivity contribution in [3.8, 4) is 0 Å². The van der Waals surface area contributed by atoms with Crippen molar-refractivity contribution >= 4 is 44.0 Å². The number of anilines is 1. The number of aryl methyl sites for hydroxylation is 1. The summed E-state index contributed by atoms with van der Waals surface area (Å²) in [6, 6.07) is 12.7. The summed E-state index contributed by atoms with van der Waals surface area (Å²) in [5.74, 6) is -0.562. The highest BCUT2D eigenvalue weighted by Gasteiger charge is 2.49. The molecular formula is C19H17N3O5S2. The van der Waals surface area contributed by atoms with Crippen LogP contribution in [-0.4, -0.2) is 47.2 Å². The first kappa shape index (κ1) is 19.6. The third-order valence-electron chi connectivity index (χ3n) is 4.88. The van der Waals surface area contributed by atoms with Gasteiger partial charge in [0, 0.05) is 28.6 Å². The van der Waals surface area contributed by atoms with Crippen molar-refractivity contribution in [3.05, 3.63) is 69.8 Å². The van der Waals surface area contributed by atoms with E-state index in [-0.39, 0.29) is 34.0 Å². The normalized spacial score (nSPS) is 23.9. The number of rotatable bonds is 3. The van der Waals surface area contributed by atoms with E-state index in [0.717, 1.165) is 11.3 Å². The fourth-order valence-electron chi connectivity index (χ4n) is 3.48. The van der Waals surface area contributed by atoms with Crippen LogP contribution in [-0.2, 0) is 9.84 Å². The summed E-state index contributed by atoms with van der Waals surface area (Å²) in [4.78, 5) is 29.1. The lowest BCUT2D eigenvalue weighted by molar-refractivity contribution is -0.384. The van der Waals surface area contributed by atoms with E-state index in [2.05, 4.69) is 4.99 Å². The van der Waals surface area contributed by atoms with Crippen LogP contribution in [0.5, 0.6) is 0 Å². The van der Waals surface area contributed by atoms with Crippen molar-refractivity contribution in [3.63, 3.8) is 0 Å². The molecule has 29 heavy (non-hydrogen) atoms. The lowest BCUT2D eigenvalue weighted by Crippen LogP contribution is -2.37. The molecule has 2 aromatic rings. The Morgan fingerprint density at radius 2 is 1.93 bits per heavy atom. The number of hydrogen-bond donors (Lipinski definition) is 0. The van der Waals surface area contributed by atoms with Gasteiger partial charge in [-0.15, -0.1) is 0 Å². The van der Waals surface area contributed by atoms with Crippen molar-refractivity contribution < 1.29 is 18.1 Å². The molecule has 4 rings (SSSR count). The molecule has 8 nitrogen and oxygen atoms in total. The van der Waals surface area contributed by atoms with Gasteiger partial charge in [-0.3, -0.25) is 14.9 Å². The number of non-ortho nitro benzene ring substituents is 1. The summed E-state index contributed by atoms with van der Waals surface area (Å²) in [6.07, 6.45) is 0. The van der Waals surface area contributed by atoms with Gasteiger partial charge in [-0.2, -0.15) is 4.99 Å². The molecule has 0 radical (unpaired) electrons. The number of nitro benzene ring substituents is 1. The monoisotopic (exact) mass is 431 g/mol. The van der Waals surface area contributed by atoms with Crippen LogP contribution in [0.4, 0.5) is 11.4 Å². The van der Waals surface area contributed by atoms with Crippen molar-refractivity contribution in [2.24, 2.45) is 4.99 Å². The molecule has 0 spiro atoms. The summed E-state index contributed by atoms with van der Waals surface area (Å²) >= 11 is 1.27. The number of carbonyl (C=O) groups is 1. The molecule has 0 N–H and O–H groups in total. The van der Waals surface area contributed by atoms with Gasteiger partial charge in [0.2, 0.25) is 0 Å². The summed E-state index contributed by atoms with van der Waals surface area (Å²) in [6.45, 7) is 1.95. The van der Waals surface area contributed by atoms with Gasteiger partial charge in [0.05, 0.1) is 22.5 Å². The van der Waals surface area contributed by atoms with Crippen LogP contribution in [0.1, 0.15) is 15.9 Å². The van der Waals surface area contributed by atoms with E-state index >= 15 is 0 Å². The molecule has 0 unspecified atom stereocenters. The molecule has 2 heterocycles. The Morgan fingerprint density at radius 1 is 1.21 bits per heavy atom. The van der Waals surface area contributed by atoms with Gasteiger partial charge in [0.25, 0.3) is 11.6 Å². The van der Waals surface area contributed by atoms with E-state index in [4.69, 9.17) is 0 Å². The summed E-state index contributed by atoms with van der Waals surface area (Å²) in [5.41, 5.74) is 1.75. The van der Waals surface area contributed by atoms with E-state index in [9.17, 15) is 23.3 Å². The highest BCUT2D eigenvalue weighted by molar-refractivity contribution is 8.16. The number of aliphatic imine (C=N–C) groups is 1. The number of amidine groups is 1. The highest BCUT2D eigenvalue weighted by Crippen LogP contribution is 2.41. The molecule has 2 fully saturated rings. The highest BCUT2D eigenvalue weighted by atomic mass is 32.2. The van der Waals surface area contributed by atoms with Gasteiger partial charge in [-0.1, -0.05) is 35.5 Å². The van der Waals surface area contributed by atoms with Crippen LogP contribution in [0, 0.1) is 17.0 Å². The quantitative estimate of drug-likeness (QED) is 0.543. The molecule has 0 aliphatic carbocycles. The predicted molar refractivity (Wildman–Crippen MR) is 112 cm³/mol. The smallest absolute Gasteiger partial charge is 0.279 e. The molecule has 2 atom stereocenters. The van der Waals surface area contributed by atoms with Crippen molar-refractivity contribution in [1.29, 1.82) is 0 Å². The molecule has 0 bridgehead atoms. The van der Waals surface area contributed by atoms with Gasteiger partial charge in [-0.25, -0.2) is 8.42 Å². The first-order valence-electron chi connectivity index (χ1n) is 8.84. The lowest BCUT2D eigenvalue weighted by Gasteiger charge is -2.24. The van der Waals surface area contributed by atoms with Gasteiger partial charge in [-0.05, 0) is 25.1 Å². The number of nitrogens with zero attached hydrogens (tertiary/aromatic N) is 3. The largest absolute Gasteiger partial charge is 0.316 e. The number of benzene rings is 2. The Bertz CT molecular complexity index is 1130. The van der Waals surface area contributed by atoms with Gasteiger partial charge in [0.15, 0.2) is 15.0 Å². The number of amides is 1. The van der Waals surface area contributed by atoms with E-state index in [1.807, 2.05) is 31.2 Å². The number of sulfone groups is 1. The first-order chi connectivity index (χ1) is 13.7. The number of hydrogen-bond acceptors (Lipinski definition) is 6. The second kappa shape index (κ2) is 7.27. The van der Waals surface area contributed by atoms with Gasteiger partial charge < -0.3 is 4.90 Å². The van der Waals surface area contributed by atoms with Gasteiger partial charge in [0.1, 0.15) is 0 Å². The molecular weight excluding hydrogens is 414 g/mol. The summed E-state index contributed by atoms with van der Waals surface area (Å²) in [5, 5.41) is 11.2. The third-order valence-corrected chi connectivity index (χ3v) is 8.09. The van der Waals surface area contributed by atoms with Crippen LogP contribution in [0.15, 0.2) is 53.5 Å². The SMILES string of the molecule is Cc1ccc(N2C(=NC(=O)c3cccc([N+](=O)[O-])c3)S[C@@H]3CS(=O)(=O)C[C@@H]32)cc1. The minimum Gasteiger partial charge on any atom is -0.316 e. The fourth-order valence-corrected chi connectivity index (χ4v) is 7.39. The van der Waals surface area contributed by atoms with E-state index in [1.54, 1.807) is 4.90 Å². The molecule has 150 valence electrons. The number of nitro groups is 1. The van der Waals surface area contributed by atoms with Crippen LogP contribution < -0.4 is 4.90 Å². The molecule has 2 aliphatic heterocycles. The molecule has 1 amide bonds. The minimum atomic E-state index is -3.15. The first-order valence-corrected chi connectivity index (χ1v) is 11.5. The van der Waals surface area contributed by atoms with E-state index < -0.39 is 20.7 Å². The Balaban J connectivity index is 1.71. The van der Waals surface area contributed by atoms with Crippen LogP contribution in [0.2, 0.25) is 0 Å². The second-order valence-corrected chi connectivity index (χ2v) is 10.4. The van der Waals surface area contributed by atoms with Gasteiger partial charge >= 0.3 is 0 Å². The second-order valence-electron chi connectivity index (χ2n) is 7.01. The van der Waals surface area contributed by atoms with Crippen molar-refractivity contribution in [2.75, 3.05) is 16.4 Å². The maximum Gasteiger partial charge on any atom is 0.279 e.